The zero-order chi connectivity index (χ0) is 16.5. The third kappa shape index (κ3) is 2.50. The molecule has 24 heavy (non-hydrogen) atoms. The minimum atomic E-state index is 0.0665. The highest BCUT2D eigenvalue weighted by molar-refractivity contribution is 5.97. The zero-order valence-corrected chi connectivity index (χ0v) is 13.5. The van der Waals surface area contributed by atoms with E-state index in [0.29, 0.717) is 5.56 Å². The molecule has 3 aromatic rings. The van der Waals surface area contributed by atoms with E-state index in [1.165, 1.54) is 0 Å². The maximum Gasteiger partial charge on any atom is 0.254 e. The highest BCUT2D eigenvalue weighted by Crippen LogP contribution is 2.33. The molecule has 122 valence electrons. The summed E-state index contributed by atoms with van der Waals surface area (Å²) in [5.41, 5.74) is 3.58. The van der Waals surface area contributed by atoms with Crippen LogP contribution in [0.2, 0.25) is 0 Å². The van der Waals surface area contributed by atoms with Gasteiger partial charge < -0.3 is 15.2 Å². The Hall–Kier alpha value is -2.89. The fourth-order valence-corrected chi connectivity index (χ4v) is 3.38. The highest BCUT2D eigenvalue weighted by Gasteiger charge is 2.30. The summed E-state index contributed by atoms with van der Waals surface area (Å²) in [5, 5.41) is 3.06. The first kappa shape index (κ1) is 14.7. The van der Waals surface area contributed by atoms with Gasteiger partial charge in [0.05, 0.1) is 23.4 Å². The second kappa shape index (κ2) is 5.96. The largest absolute Gasteiger partial charge is 0.373 e. The van der Waals surface area contributed by atoms with E-state index in [-0.39, 0.29) is 11.9 Å². The molecular weight excluding hydrogens is 302 g/mol. The Labute approximate surface area is 139 Å². The number of H-pyrrole nitrogens is 1. The van der Waals surface area contributed by atoms with Crippen molar-refractivity contribution in [2.45, 2.75) is 18.9 Å². The van der Waals surface area contributed by atoms with Crippen LogP contribution in [0.5, 0.6) is 0 Å². The van der Waals surface area contributed by atoms with Crippen molar-refractivity contribution in [1.29, 1.82) is 0 Å². The fraction of sp³-hybridized carbons (Fsp3) is 0.278. The van der Waals surface area contributed by atoms with E-state index < -0.39 is 0 Å². The van der Waals surface area contributed by atoms with Crippen molar-refractivity contribution in [3.8, 4) is 0 Å². The molecule has 0 aliphatic carbocycles. The second-order valence-electron chi connectivity index (χ2n) is 6.02. The van der Waals surface area contributed by atoms with Gasteiger partial charge in [0.15, 0.2) is 0 Å². The molecule has 0 bridgehead atoms. The number of pyridine rings is 1. The molecule has 2 N–H and O–H groups in total. The van der Waals surface area contributed by atoms with E-state index in [0.717, 1.165) is 41.8 Å². The predicted octanol–water partition coefficient (Wildman–Crippen LogP) is 2.98. The lowest BCUT2D eigenvalue weighted by atomic mass is 10.0. The number of imidazole rings is 1. The summed E-state index contributed by atoms with van der Waals surface area (Å²) in [6.45, 7) is 0.779. The molecule has 0 radical (unpaired) electrons. The molecule has 1 fully saturated rings. The third-order valence-corrected chi connectivity index (χ3v) is 4.61. The Kier molecular flexibility index (Phi) is 3.65. The van der Waals surface area contributed by atoms with E-state index in [9.17, 15) is 4.79 Å². The number of carbonyl (C=O) groups excluding carboxylic acids is 1. The minimum absolute atomic E-state index is 0.0665. The number of nitrogens with one attached hydrogen (secondary N) is 2. The molecule has 1 aromatic carbocycles. The molecule has 0 unspecified atom stereocenters. The highest BCUT2D eigenvalue weighted by atomic mass is 16.2. The van der Waals surface area contributed by atoms with Crippen LogP contribution in [0.15, 0.2) is 42.9 Å². The number of aromatic amines is 1. The molecule has 1 saturated heterocycles. The van der Waals surface area contributed by atoms with Crippen LogP contribution in [-0.4, -0.2) is 39.4 Å². The van der Waals surface area contributed by atoms with E-state index in [1.807, 2.05) is 42.3 Å². The summed E-state index contributed by atoms with van der Waals surface area (Å²) < 4.78 is 0. The number of hydrogen-bond acceptors (Lipinski definition) is 4. The Morgan fingerprint density at radius 1 is 1.29 bits per heavy atom. The van der Waals surface area contributed by atoms with Gasteiger partial charge in [-0.25, -0.2) is 9.97 Å². The summed E-state index contributed by atoms with van der Waals surface area (Å²) in [5.74, 6) is 0.891. The first-order chi connectivity index (χ1) is 11.8. The van der Waals surface area contributed by atoms with Gasteiger partial charge >= 0.3 is 0 Å². The lowest BCUT2D eigenvalue weighted by Gasteiger charge is -2.25. The SMILES string of the molecule is CNc1cc([C@@H]2CCCN2C(=O)c2ccc3nc[nH]c3c2)ccn1. The van der Waals surface area contributed by atoms with Crippen LogP contribution in [0.4, 0.5) is 5.82 Å². The number of likely N-dealkylation sites (tertiary alicyclic amines) is 1. The van der Waals surface area contributed by atoms with Gasteiger partial charge in [-0.15, -0.1) is 0 Å². The van der Waals surface area contributed by atoms with E-state index >= 15 is 0 Å². The normalized spacial score (nSPS) is 17.4. The predicted molar refractivity (Wildman–Crippen MR) is 92.9 cm³/mol. The van der Waals surface area contributed by atoms with Crippen LogP contribution in [0, 0.1) is 0 Å². The smallest absolute Gasteiger partial charge is 0.254 e. The number of fused-ring (bicyclic) bond motifs is 1. The quantitative estimate of drug-likeness (QED) is 0.778. The van der Waals surface area contributed by atoms with Crippen LogP contribution < -0.4 is 5.32 Å². The maximum absolute atomic E-state index is 13.0. The number of anilines is 1. The summed E-state index contributed by atoms with van der Waals surface area (Å²) in [6, 6.07) is 9.74. The molecule has 1 aliphatic rings. The molecule has 1 amide bonds. The Morgan fingerprint density at radius 2 is 2.21 bits per heavy atom. The van der Waals surface area contributed by atoms with Gasteiger partial charge in [-0.1, -0.05) is 0 Å². The van der Waals surface area contributed by atoms with Crippen LogP contribution in [0.1, 0.15) is 34.8 Å². The number of hydrogen-bond donors (Lipinski definition) is 2. The summed E-state index contributed by atoms with van der Waals surface area (Å²) in [4.78, 5) is 26.5. The second-order valence-corrected chi connectivity index (χ2v) is 6.02. The van der Waals surface area contributed by atoms with Crippen LogP contribution in [0.25, 0.3) is 11.0 Å². The summed E-state index contributed by atoms with van der Waals surface area (Å²) in [7, 11) is 1.85. The molecule has 1 atom stereocenters. The Balaban J connectivity index is 1.64. The number of nitrogens with zero attached hydrogens (tertiary/aromatic N) is 3. The van der Waals surface area contributed by atoms with Gasteiger partial charge in [-0.2, -0.15) is 0 Å². The standard InChI is InChI=1S/C18H19N5O/c1-19-17-10-12(6-7-20-17)16-3-2-8-23(16)18(24)13-4-5-14-15(9-13)22-11-21-14/h4-7,9-11,16H,2-3,8H2,1H3,(H,19,20)(H,21,22)/t16-/m0/s1. The lowest BCUT2D eigenvalue weighted by Crippen LogP contribution is -2.30. The Morgan fingerprint density at radius 3 is 3.08 bits per heavy atom. The van der Waals surface area contributed by atoms with Crippen molar-refractivity contribution >= 4 is 22.8 Å². The van der Waals surface area contributed by atoms with Crippen molar-refractivity contribution in [2.24, 2.45) is 0 Å². The number of benzene rings is 1. The lowest BCUT2D eigenvalue weighted by molar-refractivity contribution is 0.0736. The summed E-state index contributed by atoms with van der Waals surface area (Å²) >= 11 is 0. The van der Waals surface area contributed by atoms with Crippen molar-refractivity contribution in [3.05, 3.63) is 54.0 Å². The van der Waals surface area contributed by atoms with Crippen molar-refractivity contribution in [1.82, 2.24) is 19.9 Å². The number of carbonyl (C=O) groups is 1. The molecule has 0 saturated carbocycles. The van der Waals surface area contributed by atoms with Gasteiger partial charge in [0, 0.05) is 25.4 Å². The van der Waals surface area contributed by atoms with Gasteiger partial charge in [-0.05, 0) is 48.7 Å². The van der Waals surface area contributed by atoms with Gasteiger partial charge in [0.1, 0.15) is 5.82 Å². The average Bonchev–Trinajstić information content (AvgIpc) is 3.29. The Bertz CT molecular complexity index is 888. The monoisotopic (exact) mass is 321 g/mol. The first-order valence-electron chi connectivity index (χ1n) is 8.14. The minimum Gasteiger partial charge on any atom is -0.373 e. The van der Waals surface area contributed by atoms with Gasteiger partial charge in [0.2, 0.25) is 0 Å². The van der Waals surface area contributed by atoms with E-state index in [1.54, 1.807) is 12.5 Å². The van der Waals surface area contributed by atoms with E-state index in [4.69, 9.17) is 0 Å². The molecule has 3 heterocycles. The van der Waals surface area contributed by atoms with Crippen molar-refractivity contribution in [3.63, 3.8) is 0 Å². The van der Waals surface area contributed by atoms with Crippen LogP contribution in [-0.2, 0) is 0 Å². The van der Waals surface area contributed by atoms with Crippen LogP contribution in [0.3, 0.4) is 0 Å². The van der Waals surface area contributed by atoms with E-state index in [2.05, 4.69) is 20.3 Å². The molecule has 6 heteroatoms. The van der Waals surface area contributed by atoms with Crippen LogP contribution >= 0.6 is 0 Å². The number of rotatable bonds is 3. The fourth-order valence-electron chi connectivity index (χ4n) is 3.38. The third-order valence-electron chi connectivity index (χ3n) is 4.61. The average molecular weight is 321 g/mol. The van der Waals surface area contributed by atoms with Gasteiger partial charge in [0.25, 0.3) is 5.91 Å². The van der Waals surface area contributed by atoms with Crippen molar-refractivity contribution < 1.29 is 4.79 Å². The van der Waals surface area contributed by atoms with Crippen molar-refractivity contribution in [2.75, 3.05) is 18.9 Å². The molecule has 0 spiro atoms. The maximum atomic E-state index is 13.0. The first-order valence-corrected chi connectivity index (χ1v) is 8.14. The molecule has 6 nitrogen and oxygen atoms in total. The number of amides is 1. The molecule has 4 rings (SSSR count). The topological polar surface area (TPSA) is 73.9 Å². The molecule has 2 aromatic heterocycles. The molecular formula is C18H19N5O. The van der Waals surface area contributed by atoms with Gasteiger partial charge in [-0.3, -0.25) is 4.79 Å². The molecule has 1 aliphatic heterocycles. The summed E-state index contributed by atoms with van der Waals surface area (Å²) in [6.07, 6.45) is 5.43. The number of aromatic nitrogens is 3. The zero-order valence-electron chi connectivity index (χ0n) is 13.5.